The molecule has 13 nitrogen and oxygen atoms in total. The van der Waals surface area contributed by atoms with E-state index in [1.54, 1.807) is 0 Å². The lowest BCUT2D eigenvalue weighted by Crippen LogP contribution is -2.39. The fraction of sp³-hybridized carbons (Fsp3) is 0.444. The van der Waals surface area contributed by atoms with Gasteiger partial charge in [-0.1, -0.05) is 29.3 Å². The summed E-state index contributed by atoms with van der Waals surface area (Å²) in [5.41, 5.74) is 0.783. The van der Waals surface area contributed by atoms with E-state index in [9.17, 15) is 31.6 Å². The minimum atomic E-state index is -3.78. The molecule has 1 atom stereocenters. The Bertz CT molecular complexity index is 1970. The highest BCUT2D eigenvalue weighted by Gasteiger charge is 2.38. The van der Waals surface area contributed by atoms with Gasteiger partial charge in [0.25, 0.3) is 11.8 Å². The molecule has 2 aromatic carbocycles. The number of fused-ring (bicyclic) bond motifs is 1. The number of pyridine rings is 1. The van der Waals surface area contributed by atoms with E-state index in [4.69, 9.17) is 32.7 Å². The molecule has 0 N–H and O–H groups in total. The SMILES string of the molecule is CN(C)CCN(C)CCN(c1ccc2c(c1)C(=O)N(CC(=O)O[C@@H](Cc1c(Cl)cncc1Cl)c1ccc(OC(F)F)c(OCC3CC3)c1)C2=O)S(C)(=O)=O. The number of carbonyl (C=O) groups excluding carboxylic acids is 3. The molecule has 2 amide bonds. The highest BCUT2D eigenvalue weighted by molar-refractivity contribution is 7.92. The van der Waals surface area contributed by atoms with Crippen LogP contribution >= 0.6 is 23.2 Å². The maximum Gasteiger partial charge on any atom is 0.387 e. The van der Waals surface area contributed by atoms with Crippen LogP contribution in [-0.2, 0) is 26.0 Å². The number of likely N-dealkylation sites (N-methyl/N-ethyl adjacent to an activating group) is 2. The molecule has 1 fully saturated rings. The van der Waals surface area contributed by atoms with Gasteiger partial charge in [0.1, 0.15) is 12.6 Å². The lowest BCUT2D eigenvalue weighted by Gasteiger charge is -2.26. The molecule has 2 aliphatic rings. The molecule has 0 saturated heterocycles. The van der Waals surface area contributed by atoms with Crippen LogP contribution in [0.3, 0.4) is 0 Å². The Morgan fingerprint density at radius 2 is 1.61 bits per heavy atom. The molecule has 292 valence electrons. The lowest BCUT2D eigenvalue weighted by atomic mass is 10.0. The molecule has 1 saturated carbocycles. The van der Waals surface area contributed by atoms with Crippen molar-refractivity contribution in [2.75, 3.05) is 71.0 Å². The van der Waals surface area contributed by atoms with Gasteiger partial charge in [0, 0.05) is 45.0 Å². The number of nitrogens with zero attached hydrogens (tertiary/aromatic N) is 5. The molecule has 1 aromatic heterocycles. The van der Waals surface area contributed by atoms with E-state index < -0.39 is 47.1 Å². The standard InChI is InChI=1S/C36H41Cl2F2N5O8S/c1-42(2)11-12-43(3)13-14-45(54(4,49)50)24-8-9-25-26(16-24)35(48)44(34(25)47)20-33(46)52-31(17-27-28(37)18-41-19-29(27)38)23-7-10-30(53-36(39)40)32(15-23)51-21-22-5-6-22/h7-10,15-16,18-19,22,31,36H,5-6,11-14,17,20-21H2,1-4H3/t31-/m0/s1. The number of amides is 2. The highest BCUT2D eigenvalue weighted by Crippen LogP contribution is 2.38. The van der Waals surface area contributed by atoms with Crippen LogP contribution in [-0.4, -0.2) is 119 Å². The summed E-state index contributed by atoms with van der Waals surface area (Å²) < 4.78 is 69.6. The summed E-state index contributed by atoms with van der Waals surface area (Å²) in [5, 5.41) is 0.344. The van der Waals surface area contributed by atoms with Crippen molar-refractivity contribution in [3.63, 3.8) is 0 Å². The molecule has 18 heteroatoms. The van der Waals surface area contributed by atoms with E-state index in [2.05, 4.69) is 9.72 Å². The molecule has 3 aromatic rings. The van der Waals surface area contributed by atoms with Gasteiger partial charge in [0.15, 0.2) is 11.5 Å². The number of alkyl halides is 2. The van der Waals surface area contributed by atoms with Crippen molar-refractivity contribution in [2.24, 2.45) is 5.92 Å². The lowest BCUT2D eigenvalue weighted by molar-refractivity contribution is -0.149. The number of rotatable bonds is 19. The highest BCUT2D eigenvalue weighted by atomic mass is 35.5. The number of carbonyl (C=O) groups is 3. The summed E-state index contributed by atoms with van der Waals surface area (Å²) in [6.07, 6.45) is 4.39. The average Bonchev–Trinajstić information content (AvgIpc) is 3.90. The molecule has 0 spiro atoms. The third-order valence-corrected chi connectivity index (χ3v) is 10.7. The van der Waals surface area contributed by atoms with Crippen LogP contribution < -0.4 is 13.8 Å². The second-order valence-electron chi connectivity index (χ2n) is 13.5. The zero-order valence-corrected chi connectivity index (χ0v) is 32.5. The molecular formula is C36H41Cl2F2N5O8S. The number of imide groups is 1. The van der Waals surface area contributed by atoms with Gasteiger partial charge in [-0.05, 0) is 81.4 Å². The molecule has 2 heterocycles. The second kappa shape index (κ2) is 17.6. The summed E-state index contributed by atoms with van der Waals surface area (Å²) in [6, 6.07) is 8.22. The third-order valence-electron chi connectivity index (χ3n) is 8.89. The number of aromatic nitrogens is 1. The topological polar surface area (TPSA) is 139 Å². The van der Waals surface area contributed by atoms with E-state index in [1.807, 2.05) is 30.9 Å². The molecule has 1 aliphatic carbocycles. The average molecular weight is 813 g/mol. The molecule has 5 rings (SSSR count). The first-order valence-corrected chi connectivity index (χ1v) is 19.6. The normalized spacial score (nSPS) is 14.9. The maximum atomic E-state index is 13.6. The number of sulfonamides is 1. The second-order valence-corrected chi connectivity index (χ2v) is 16.2. The fourth-order valence-electron chi connectivity index (χ4n) is 5.70. The van der Waals surface area contributed by atoms with Crippen molar-refractivity contribution < 1.29 is 45.8 Å². The predicted octanol–water partition coefficient (Wildman–Crippen LogP) is 5.16. The van der Waals surface area contributed by atoms with Gasteiger partial charge in [-0.2, -0.15) is 8.78 Å². The third kappa shape index (κ3) is 10.6. The summed E-state index contributed by atoms with van der Waals surface area (Å²) in [4.78, 5) is 49.2. The van der Waals surface area contributed by atoms with E-state index in [1.165, 1.54) is 48.8 Å². The molecule has 0 unspecified atom stereocenters. The van der Waals surface area contributed by atoms with Crippen molar-refractivity contribution in [3.8, 4) is 11.5 Å². The van der Waals surface area contributed by atoms with E-state index in [0.29, 0.717) is 29.1 Å². The van der Waals surface area contributed by atoms with Crippen LogP contribution in [0.4, 0.5) is 14.5 Å². The van der Waals surface area contributed by atoms with Gasteiger partial charge >= 0.3 is 12.6 Å². The van der Waals surface area contributed by atoms with Crippen molar-refractivity contribution in [1.29, 1.82) is 0 Å². The van der Waals surface area contributed by atoms with Crippen LogP contribution in [0.25, 0.3) is 0 Å². The fourth-order valence-corrected chi connectivity index (χ4v) is 7.13. The van der Waals surface area contributed by atoms with Gasteiger partial charge in [-0.25, -0.2) is 8.42 Å². The smallest absolute Gasteiger partial charge is 0.387 e. The van der Waals surface area contributed by atoms with Crippen LogP contribution in [0.2, 0.25) is 10.0 Å². The Kier molecular flexibility index (Phi) is 13.4. The Hall–Kier alpha value is -4.09. The molecule has 1 aliphatic heterocycles. The zero-order valence-electron chi connectivity index (χ0n) is 30.1. The Morgan fingerprint density at radius 3 is 2.24 bits per heavy atom. The Balaban J connectivity index is 1.36. The largest absolute Gasteiger partial charge is 0.489 e. The van der Waals surface area contributed by atoms with Crippen LogP contribution in [0.15, 0.2) is 48.8 Å². The Morgan fingerprint density at radius 1 is 0.944 bits per heavy atom. The van der Waals surface area contributed by atoms with Crippen molar-refractivity contribution >= 4 is 56.7 Å². The van der Waals surface area contributed by atoms with Crippen molar-refractivity contribution in [3.05, 3.63) is 81.1 Å². The van der Waals surface area contributed by atoms with E-state index >= 15 is 0 Å². The number of benzene rings is 2. The van der Waals surface area contributed by atoms with Gasteiger partial charge in [-0.15, -0.1) is 0 Å². The van der Waals surface area contributed by atoms with Crippen LogP contribution in [0, 0.1) is 5.92 Å². The van der Waals surface area contributed by atoms with E-state index in [0.717, 1.165) is 29.9 Å². The van der Waals surface area contributed by atoms with Gasteiger partial charge in [-0.3, -0.25) is 28.6 Å². The molecule has 0 radical (unpaired) electrons. The summed E-state index contributed by atoms with van der Waals surface area (Å²) in [6.45, 7) is -1.68. The van der Waals surface area contributed by atoms with Crippen molar-refractivity contribution in [1.82, 2.24) is 19.7 Å². The first-order chi connectivity index (χ1) is 25.5. The van der Waals surface area contributed by atoms with Crippen LogP contribution in [0.5, 0.6) is 11.5 Å². The van der Waals surface area contributed by atoms with E-state index in [-0.39, 0.29) is 63.8 Å². The van der Waals surface area contributed by atoms with Gasteiger partial charge in [0.05, 0.1) is 39.7 Å². The monoisotopic (exact) mass is 811 g/mol. The molecule has 0 bridgehead atoms. The summed E-state index contributed by atoms with van der Waals surface area (Å²) >= 11 is 12.8. The minimum absolute atomic E-state index is 0.00664. The number of halogens is 4. The quantitative estimate of drug-likeness (QED) is 0.117. The Labute approximate surface area is 322 Å². The number of ether oxygens (including phenoxy) is 3. The summed E-state index contributed by atoms with van der Waals surface area (Å²) in [5.74, 6) is -2.49. The first kappa shape index (κ1) is 41.1. The molecular weight excluding hydrogens is 771 g/mol. The number of hydrogen-bond donors (Lipinski definition) is 0. The first-order valence-electron chi connectivity index (χ1n) is 17.0. The van der Waals surface area contributed by atoms with Gasteiger partial charge < -0.3 is 24.0 Å². The van der Waals surface area contributed by atoms with Crippen LogP contribution in [0.1, 0.15) is 50.8 Å². The van der Waals surface area contributed by atoms with Crippen molar-refractivity contribution in [2.45, 2.75) is 32.0 Å². The predicted molar refractivity (Wildman–Crippen MR) is 198 cm³/mol. The zero-order chi connectivity index (χ0) is 39.3. The molecule has 54 heavy (non-hydrogen) atoms. The maximum absolute atomic E-state index is 13.6. The summed E-state index contributed by atoms with van der Waals surface area (Å²) in [7, 11) is 1.96. The number of esters is 1. The minimum Gasteiger partial charge on any atom is -0.489 e. The van der Waals surface area contributed by atoms with Gasteiger partial charge in [0.2, 0.25) is 10.0 Å². The number of hydrogen-bond acceptors (Lipinski definition) is 11. The number of anilines is 1.